The highest BCUT2D eigenvalue weighted by Gasteiger charge is 2.13. The topological polar surface area (TPSA) is 105 Å². The van der Waals surface area contributed by atoms with Crippen molar-refractivity contribution < 1.29 is 23.6 Å². The Kier molecular flexibility index (Phi) is 3.17. The fraction of sp³-hybridized carbons (Fsp3) is 0. The average Bonchev–Trinajstić information content (AvgIpc) is 3.15. The molecule has 2 heterocycles. The van der Waals surface area contributed by atoms with E-state index >= 15 is 0 Å². The Hall–Kier alpha value is -3.06. The van der Waals surface area contributed by atoms with Crippen LogP contribution in [0.2, 0.25) is 0 Å². The molecule has 7 heteroatoms. The molecule has 0 atom stereocenters. The minimum Gasteiger partial charge on any atom is -0.459 e. The molecule has 0 saturated heterocycles. The van der Waals surface area contributed by atoms with Crippen LogP contribution in [-0.2, 0) is 0 Å². The SMILES string of the molecule is O=C(Nc1ccc2oc(C(=O)NO)cc2c1)c1ccco1. The van der Waals surface area contributed by atoms with Gasteiger partial charge in [-0.1, -0.05) is 0 Å². The van der Waals surface area contributed by atoms with E-state index in [1.54, 1.807) is 30.3 Å². The molecule has 3 N–H and O–H groups in total. The van der Waals surface area contributed by atoms with Gasteiger partial charge in [-0.05, 0) is 36.4 Å². The Balaban J connectivity index is 1.87. The van der Waals surface area contributed by atoms with Crippen LogP contribution in [-0.4, -0.2) is 17.0 Å². The number of hydroxylamine groups is 1. The third-order valence-electron chi connectivity index (χ3n) is 2.84. The zero-order valence-electron chi connectivity index (χ0n) is 10.6. The summed E-state index contributed by atoms with van der Waals surface area (Å²) in [5.74, 6) is -0.951. The maximum atomic E-state index is 11.8. The van der Waals surface area contributed by atoms with E-state index in [1.165, 1.54) is 17.8 Å². The van der Waals surface area contributed by atoms with Crippen LogP contribution in [0.15, 0.2) is 51.5 Å². The lowest BCUT2D eigenvalue weighted by molar-refractivity contribution is 0.0678. The first kappa shape index (κ1) is 12.9. The van der Waals surface area contributed by atoms with Crippen molar-refractivity contribution in [1.82, 2.24) is 5.48 Å². The third-order valence-corrected chi connectivity index (χ3v) is 2.84. The summed E-state index contributed by atoms with van der Waals surface area (Å²) in [7, 11) is 0. The second-order valence-electron chi connectivity index (χ2n) is 4.24. The molecule has 0 radical (unpaired) electrons. The molecule has 106 valence electrons. The molecular formula is C14H10N2O5. The smallest absolute Gasteiger partial charge is 0.310 e. The molecular weight excluding hydrogens is 276 g/mol. The van der Waals surface area contributed by atoms with E-state index in [0.29, 0.717) is 16.7 Å². The summed E-state index contributed by atoms with van der Waals surface area (Å²) in [5.41, 5.74) is 2.48. The van der Waals surface area contributed by atoms with Crippen molar-refractivity contribution >= 4 is 28.5 Å². The Labute approximate surface area is 118 Å². The van der Waals surface area contributed by atoms with Crippen molar-refractivity contribution in [3.8, 4) is 0 Å². The first-order chi connectivity index (χ1) is 10.2. The van der Waals surface area contributed by atoms with E-state index in [9.17, 15) is 9.59 Å². The number of fused-ring (bicyclic) bond motifs is 1. The average molecular weight is 286 g/mol. The van der Waals surface area contributed by atoms with Crippen molar-refractivity contribution in [2.75, 3.05) is 5.32 Å². The standard InChI is InChI=1S/C14H10N2O5/c17-13(11-2-1-5-20-11)15-9-3-4-10-8(6-9)7-12(21-10)14(18)16-19/h1-7,19H,(H,15,17)(H,16,18). The molecule has 3 aromatic rings. The summed E-state index contributed by atoms with van der Waals surface area (Å²) in [5, 5.41) is 11.8. The van der Waals surface area contributed by atoms with Gasteiger partial charge in [0.2, 0.25) is 0 Å². The van der Waals surface area contributed by atoms with Crippen LogP contribution in [0.3, 0.4) is 0 Å². The van der Waals surface area contributed by atoms with Crippen molar-refractivity contribution in [2.24, 2.45) is 0 Å². The molecule has 0 aliphatic rings. The summed E-state index contributed by atoms with van der Waals surface area (Å²) in [6.45, 7) is 0. The van der Waals surface area contributed by atoms with Crippen molar-refractivity contribution in [3.05, 3.63) is 54.2 Å². The van der Waals surface area contributed by atoms with E-state index < -0.39 is 5.91 Å². The summed E-state index contributed by atoms with van der Waals surface area (Å²) in [4.78, 5) is 23.1. The van der Waals surface area contributed by atoms with Crippen LogP contribution in [0.25, 0.3) is 11.0 Å². The zero-order chi connectivity index (χ0) is 14.8. The van der Waals surface area contributed by atoms with Gasteiger partial charge in [-0.3, -0.25) is 14.8 Å². The van der Waals surface area contributed by atoms with Gasteiger partial charge in [-0.25, -0.2) is 5.48 Å². The van der Waals surface area contributed by atoms with Gasteiger partial charge >= 0.3 is 5.91 Å². The molecule has 21 heavy (non-hydrogen) atoms. The second-order valence-corrected chi connectivity index (χ2v) is 4.24. The predicted molar refractivity (Wildman–Crippen MR) is 72.1 cm³/mol. The lowest BCUT2D eigenvalue weighted by Gasteiger charge is -2.02. The number of carbonyl (C=O) groups is 2. The summed E-state index contributed by atoms with van der Waals surface area (Å²) in [6, 6.07) is 9.52. The van der Waals surface area contributed by atoms with Gasteiger partial charge in [0.05, 0.1) is 6.26 Å². The summed E-state index contributed by atoms with van der Waals surface area (Å²) < 4.78 is 10.2. The first-order valence-electron chi connectivity index (χ1n) is 6.00. The number of rotatable bonds is 3. The molecule has 0 bridgehead atoms. The molecule has 0 aliphatic heterocycles. The Morgan fingerprint density at radius 2 is 1.90 bits per heavy atom. The molecule has 0 unspecified atom stereocenters. The minimum absolute atomic E-state index is 0.0259. The van der Waals surface area contributed by atoms with E-state index in [0.717, 1.165) is 0 Å². The Bertz CT molecular complexity index is 804. The summed E-state index contributed by atoms with van der Waals surface area (Å²) >= 11 is 0. The van der Waals surface area contributed by atoms with E-state index in [4.69, 9.17) is 14.0 Å². The molecule has 3 rings (SSSR count). The van der Waals surface area contributed by atoms with Crippen LogP contribution in [0.4, 0.5) is 5.69 Å². The molecule has 0 fully saturated rings. The Morgan fingerprint density at radius 3 is 2.62 bits per heavy atom. The zero-order valence-corrected chi connectivity index (χ0v) is 10.6. The number of nitrogens with one attached hydrogen (secondary N) is 2. The van der Waals surface area contributed by atoms with Crippen LogP contribution in [0, 0.1) is 0 Å². The number of furan rings is 2. The predicted octanol–water partition coefficient (Wildman–Crippen LogP) is 2.40. The highest BCUT2D eigenvalue weighted by Crippen LogP contribution is 2.23. The number of hydrogen-bond donors (Lipinski definition) is 3. The number of hydrogen-bond acceptors (Lipinski definition) is 5. The van der Waals surface area contributed by atoms with Crippen LogP contribution in [0.1, 0.15) is 21.1 Å². The molecule has 2 aromatic heterocycles. The van der Waals surface area contributed by atoms with Gasteiger partial charge in [0.25, 0.3) is 5.91 Å². The monoisotopic (exact) mass is 286 g/mol. The second kappa shape index (κ2) is 5.14. The molecule has 0 spiro atoms. The van der Waals surface area contributed by atoms with E-state index in [2.05, 4.69) is 5.32 Å². The van der Waals surface area contributed by atoms with Crippen molar-refractivity contribution in [1.29, 1.82) is 0 Å². The number of benzene rings is 1. The van der Waals surface area contributed by atoms with E-state index in [-0.39, 0.29) is 17.4 Å². The molecule has 0 saturated carbocycles. The fourth-order valence-electron chi connectivity index (χ4n) is 1.89. The number of amides is 2. The largest absolute Gasteiger partial charge is 0.459 e. The number of carbonyl (C=O) groups excluding carboxylic acids is 2. The lowest BCUT2D eigenvalue weighted by Crippen LogP contribution is -2.17. The van der Waals surface area contributed by atoms with Gasteiger partial charge < -0.3 is 14.2 Å². The Morgan fingerprint density at radius 1 is 1.05 bits per heavy atom. The molecule has 0 aliphatic carbocycles. The highest BCUT2D eigenvalue weighted by molar-refractivity contribution is 6.03. The van der Waals surface area contributed by atoms with Gasteiger partial charge in [-0.15, -0.1) is 0 Å². The molecule has 1 aromatic carbocycles. The molecule has 7 nitrogen and oxygen atoms in total. The molecule has 2 amide bonds. The van der Waals surface area contributed by atoms with Crippen molar-refractivity contribution in [2.45, 2.75) is 0 Å². The maximum Gasteiger partial charge on any atom is 0.310 e. The van der Waals surface area contributed by atoms with Gasteiger partial charge in [-0.2, -0.15) is 0 Å². The van der Waals surface area contributed by atoms with Gasteiger partial charge in [0.15, 0.2) is 11.5 Å². The normalized spacial score (nSPS) is 10.5. The van der Waals surface area contributed by atoms with E-state index in [1.807, 2.05) is 0 Å². The maximum absolute atomic E-state index is 11.8. The lowest BCUT2D eigenvalue weighted by atomic mass is 10.2. The van der Waals surface area contributed by atoms with Crippen LogP contribution in [0.5, 0.6) is 0 Å². The highest BCUT2D eigenvalue weighted by atomic mass is 16.5. The van der Waals surface area contributed by atoms with Gasteiger partial charge in [0.1, 0.15) is 5.58 Å². The third kappa shape index (κ3) is 2.49. The van der Waals surface area contributed by atoms with Crippen LogP contribution >= 0.6 is 0 Å². The quantitative estimate of drug-likeness (QED) is 0.506. The number of anilines is 1. The van der Waals surface area contributed by atoms with Crippen LogP contribution < -0.4 is 10.8 Å². The van der Waals surface area contributed by atoms with Gasteiger partial charge in [0, 0.05) is 11.1 Å². The first-order valence-corrected chi connectivity index (χ1v) is 6.00. The van der Waals surface area contributed by atoms with Crippen molar-refractivity contribution in [3.63, 3.8) is 0 Å². The minimum atomic E-state index is -0.743. The fourth-order valence-corrected chi connectivity index (χ4v) is 1.89. The summed E-state index contributed by atoms with van der Waals surface area (Å²) in [6.07, 6.45) is 1.41.